The van der Waals surface area contributed by atoms with Gasteiger partial charge in [-0.15, -0.1) is 11.3 Å². The minimum atomic E-state index is -3.58. The zero-order chi connectivity index (χ0) is 16.8. The molecule has 23 heavy (non-hydrogen) atoms. The van der Waals surface area contributed by atoms with Crippen molar-refractivity contribution in [2.45, 2.75) is 57.1 Å². The Morgan fingerprint density at radius 2 is 1.91 bits per heavy atom. The molecular formula is C16H23NO4S2. The smallest absolute Gasteiger partial charge is 0.240 e. The Morgan fingerprint density at radius 3 is 2.43 bits per heavy atom. The van der Waals surface area contributed by atoms with Gasteiger partial charge in [-0.2, -0.15) is 0 Å². The minimum absolute atomic E-state index is 0.166. The number of rotatable bonds is 4. The van der Waals surface area contributed by atoms with Gasteiger partial charge in [0.1, 0.15) is 0 Å². The van der Waals surface area contributed by atoms with Crippen LogP contribution in [0.5, 0.6) is 0 Å². The SMILES string of the molecule is Cc1ccc([C@@H]2C[C@H]2C(=O)N(C2CCC(O)CC2)S(C)(=O)=O)s1. The lowest BCUT2D eigenvalue weighted by Gasteiger charge is -2.34. The first-order valence-corrected chi connectivity index (χ1v) is 10.7. The van der Waals surface area contributed by atoms with Gasteiger partial charge >= 0.3 is 0 Å². The molecule has 1 amide bonds. The van der Waals surface area contributed by atoms with Crippen molar-refractivity contribution in [2.75, 3.05) is 6.26 Å². The van der Waals surface area contributed by atoms with Crippen molar-refractivity contribution < 1.29 is 18.3 Å². The van der Waals surface area contributed by atoms with Crippen molar-refractivity contribution >= 4 is 27.3 Å². The molecule has 2 aliphatic carbocycles. The summed E-state index contributed by atoms with van der Waals surface area (Å²) in [5, 5.41) is 9.61. The first-order chi connectivity index (χ1) is 10.8. The minimum Gasteiger partial charge on any atom is -0.393 e. The maximum atomic E-state index is 12.8. The van der Waals surface area contributed by atoms with Gasteiger partial charge in [0.05, 0.1) is 12.4 Å². The topological polar surface area (TPSA) is 74.7 Å². The van der Waals surface area contributed by atoms with E-state index in [0.29, 0.717) is 25.7 Å². The van der Waals surface area contributed by atoms with Crippen molar-refractivity contribution in [3.63, 3.8) is 0 Å². The highest BCUT2D eigenvalue weighted by atomic mass is 32.2. The average Bonchev–Trinajstić information content (AvgIpc) is 3.15. The van der Waals surface area contributed by atoms with Gasteiger partial charge in [-0.05, 0) is 51.2 Å². The summed E-state index contributed by atoms with van der Waals surface area (Å²) < 4.78 is 25.5. The number of aliphatic hydroxyl groups is 1. The first-order valence-electron chi connectivity index (χ1n) is 8.05. The zero-order valence-electron chi connectivity index (χ0n) is 13.4. The average molecular weight is 357 g/mol. The lowest BCUT2D eigenvalue weighted by atomic mass is 9.93. The molecule has 0 radical (unpaired) electrons. The van der Waals surface area contributed by atoms with E-state index in [1.807, 2.05) is 19.1 Å². The van der Waals surface area contributed by atoms with Crippen LogP contribution >= 0.6 is 11.3 Å². The van der Waals surface area contributed by atoms with Gasteiger partial charge in [-0.25, -0.2) is 12.7 Å². The summed E-state index contributed by atoms with van der Waals surface area (Å²) in [5.41, 5.74) is 0. The van der Waals surface area contributed by atoms with Crippen LogP contribution in [0.2, 0.25) is 0 Å². The number of aliphatic hydroxyl groups excluding tert-OH is 1. The van der Waals surface area contributed by atoms with Gasteiger partial charge in [0.2, 0.25) is 15.9 Å². The Labute approximate surface area is 141 Å². The number of sulfonamides is 1. The predicted octanol–water partition coefficient (Wildman–Crippen LogP) is 2.25. The number of nitrogens with zero attached hydrogens (tertiary/aromatic N) is 1. The molecule has 5 nitrogen and oxygen atoms in total. The largest absolute Gasteiger partial charge is 0.393 e. The predicted molar refractivity (Wildman–Crippen MR) is 89.9 cm³/mol. The summed E-state index contributed by atoms with van der Waals surface area (Å²) in [6.45, 7) is 2.03. The molecule has 2 atom stereocenters. The maximum absolute atomic E-state index is 12.8. The fraction of sp³-hybridized carbons (Fsp3) is 0.688. The summed E-state index contributed by atoms with van der Waals surface area (Å²) in [6.07, 6.45) is 3.70. The molecular weight excluding hydrogens is 334 g/mol. The first kappa shape index (κ1) is 16.9. The van der Waals surface area contributed by atoms with Crippen LogP contribution in [0.1, 0.15) is 47.8 Å². The molecule has 3 rings (SSSR count). The second-order valence-electron chi connectivity index (χ2n) is 6.76. The third-order valence-corrected chi connectivity index (χ3v) is 7.13. The lowest BCUT2D eigenvalue weighted by Crippen LogP contribution is -2.47. The van der Waals surface area contributed by atoms with Gasteiger partial charge in [-0.3, -0.25) is 4.79 Å². The van der Waals surface area contributed by atoms with Crippen molar-refractivity contribution in [1.29, 1.82) is 0 Å². The third-order valence-electron chi connectivity index (χ3n) is 4.81. The molecule has 0 aromatic carbocycles. The van der Waals surface area contributed by atoms with E-state index in [2.05, 4.69) is 0 Å². The number of hydrogen-bond acceptors (Lipinski definition) is 5. The lowest BCUT2D eigenvalue weighted by molar-refractivity contribution is -0.130. The molecule has 1 N–H and O–H groups in total. The highest BCUT2D eigenvalue weighted by Crippen LogP contribution is 2.51. The molecule has 1 aromatic rings. The van der Waals surface area contributed by atoms with Crippen LogP contribution in [0.15, 0.2) is 12.1 Å². The highest BCUT2D eigenvalue weighted by molar-refractivity contribution is 7.88. The van der Waals surface area contributed by atoms with Crippen LogP contribution in [-0.4, -0.2) is 42.1 Å². The van der Waals surface area contributed by atoms with E-state index in [1.54, 1.807) is 11.3 Å². The Hall–Kier alpha value is -0.920. The van der Waals surface area contributed by atoms with E-state index in [9.17, 15) is 18.3 Å². The van der Waals surface area contributed by atoms with E-state index < -0.39 is 10.0 Å². The fourth-order valence-electron chi connectivity index (χ4n) is 3.51. The molecule has 0 bridgehead atoms. The van der Waals surface area contributed by atoms with Crippen LogP contribution in [0, 0.1) is 12.8 Å². The van der Waals surface area contributed by atoms with Gasteiger partial charge in [0.15, 0.2) is 0 Å². The summed E-state index contributed by atoms with van der Waals surface area (Å²) in [5.74, 6) is -0.306. The third kappa shape index (κ3) is 3.61. The summed E-state index contributed by atoms with van der Waals surface area (Å²) in [4.78, 5) is 15.2. The normalized spacial score (nSPS) is 30.9. The number of thiophene rings is 1. The Balaban J connectivity index is 1.75. The van der Waals surface area contributed by atoms with E-state index in [1.165, 1.54) is 9.75 Å². The van der Waals surface area contributed by atoms with Gasteiger partial charge < -0.3 is 5.11 Å². The summed E-state index contributed by atoms with van der Waals surface area (Å²) in [6, 6.07) is 3.78. The summed E-state index contributed by atoms with van der Waals surface area (Å²) in [7, 11) is -3.58. The van der Waals surface area contributed by atoms with Crippen molar-refractivity contribution in [1.82, 2.24) is 4.31 Å². The van der Waals surface area contributed by atoms with Gasteiger partial charge in [0.25, 0.3) is 0 Å². The standard InChI is InChI=1S/C16H23NO4S2/c1-10-3-8-15(22-10)13-9-14(13)16(19)17(23(2,20)21)11-4-6-12(18)7-5-11/h3,8,11-14,18H,4-7,9H2,1-2H3/t11?,12?,13-,14-/m1/s1. The van der Waals surface area contributed by atoms with E-state index in [-0.39, 0.29) is 29.9 Å². The number of carbonyl (C=O) groups is 1. The molecule has 2 fully saturated rings. The fourth-order valence-corrected chi connectivity index (χ4v) is 5.78. The second kappa shape index (κ2) is 6.18. The number of aryl methyl sites for hydroxylation is 1. The number of hydrogen-bond donors (Lipinski definition) is 1. The second-order valence-corrected chi connectivity index (χ2v) is 9.94. The molecule has 0 saturated heterocycles. The quantitative estimate of drug-likeness (QED) is 0.897. The number of amides is 1. The molecule has 1 heterocycles. The van der Waals surface area contributed by atoms with E-state index in [4.69, 9.17) is 0 Å². The molecule has 2 aliphatic rings. The molecule has 0 aliphatic heterocycles. The molecule has 1 aromatic heterocycles. The van der Waals surface area contributed by atoms with Gasteiger partial charge in [0, 0.05) is 27.6 Å². The van der Waals surface area contributed by atoms with E-state index >= 15 is 0 Å². The van der Waals surface area contributed by atoms with Crippen molar-refractivity contribution in [3.8, 4) is 0 Å². The molecule has 7 heteroatoms. The van der Waals surface area contributed by atoms with E-state index in [0.717, 1.165) is 17.0 Å². The molecule has 0 spiro atoms. The highest BCUT2D eigenvalue weighted by Gasteiger charge is 2.49. The number of carbonyl (C=O) groups excluding carboxylic acids is 1. The van der Waals surface area contributed by atoms with Crippen LogP contribution in [0.25, 0.3) is 0 Å². The van der Waals surface area contributed by atoms with Crippen molar-refractivity contribution in [3.05, 3.63) is 21.9 Å². The maximum Gasteiger partial charge on any atom is 0.240 e. The van der Waals surface area contributed by atoms with Crippen LogP contribution < -0.4 is 0 Å². The van der Waals surface area contributed by atoms with Crippen LogP contribution in [0.4, 0.5) is 0 Å². The summed E-state index contributed by atoms with van der Waals surface area (Å²) >= 11 is 1.68. The molecule has 128 valence electrons. The Kier molecular flexibility index (Phi) is 4.55. The van der Waals surface area contributed by atoms with Crippen LogP contribution in [0.3, 0.4) is 0 Å². The Morgan fingerprint density at radius 1 is 1.26 bits per heavy atom. The van der Waals surface area contributed by atoms with Gasteiger partial charge in [-0.1, -0.05) is 0 Å². The van der Waals surface area contributed by atoms with Crippen LogP contribution in [-0.2, 0) is 14.8 Å². The monoisotopic (exact) mass is 357 g/mol. The Bertz CT molecular complexity index is 689. The molecule has 2 saturated carbocycles. The zero-order valence-corrected chi connectivity index (χ0v) is 15.1. The van der Waals surface area contributed by atoms with Crippen molar-refractivity contribution in [2.24, 2.45) is 5.92 Å². The molecule has 0 unspecified atom stereocenters.